The van der Waals surface area contributed by atoms with Gasteiger partial charge in [-0.15, -0.1) is 11.8 Å². The molecular formula is C10H20OS. The molecule has 0 aromatic carbocycles. The summed E-state index contributed by atoms with van der Waals surface area (Å²) in [7, 11) is 0. The standard InChI is InChI=1S/C10H20OS/c1-7(2)9-5-11-10(8(3)4)12-6-9/h7-10H,5-6H2,1-4H3/t9-,10+/m1/s1. The van der Waals surface area contributed by atoms with Crippen LogP contribution in [-0.2, 0) is 4.74 Å². The molecule has 1 nitrogen and oxygen atoms in total. The molecule has 1 aliphatic heterocycles. The molecule has 0 N–H and O–H groups in total. The first-order valence-corrected chi connectivity index (χ1v) is 5.89. The van der Waals surface area contributed by atoms with Gasteiger partial charge in [0, 0.05) is 5.75 Å². The van der Waals surface area contributed by atoms with Gasteiger partial charge in [0.1, 0.15) is 5.44 Å². The van der Waals surface area contributed by atoms with Crippen LogP contribution in [0.25, 0.3) is 0 Å². The van der Waals surface area contributed by atoms with Crippen molar-refractivity contribution < 1.29 is 4.74 Å². The first-order valence-electron chi connectivity index (χ1n) is 4.84. The van der Waals surface area contributed by atoms with Crippen LogP contribution >= 0.6 is 11.8 Å². The lowest BCUT2D eigenvalue weighted by Crippen LogP contribution is -2.30. The maximum Gasteiger partial charge on any atom is 0.105 e. The lowest BCUT2D eigenvalue weighted by Gasteiger charge is -2.32. The molecule has 2 atom stereocenters. The van der Waals surface area contributed by atoms with Crippen molar-refractivity contribution in [1.29, 1.82) is 0 Å². The fraction of sp³-hybridized carbons (Fsp3) is 1.00. The summed E-state index contributed by atoms with van der Waals surface area (Å²) in [5, 5.41) is 0. The number of ether oxygens (including phenoxy) is 1. The van der Waals surface area contributed by atoms with E-state index in [-0.39, 0.29) is 0 Å². The van der Waals surface area contributed by atoms with Gasteiger partial charge in [-0.3, -0.25) is 0 Å². The van der Waals surface area contributed by atoms with Crippen LogP contribution in [0, 0.1) is 17.8 Å². The fourth-order valence-electron chi connectivity index (χ4n) is 1.30. The second-order valence-corrected chi connectivity index (χ2v) is 5.41. The van der Waals surface area contributed by atoms with Crippen LogP contribution in [0.2, 0.25) is 0 Å². The van der Waals surface area contributed by atoms with E-state index >= 15 is 0 Å². The highest BCUT2D eigenvalue weighted by Gasteiger charge is 2.25. The Morgan fingerprint density at radius 3 is 2.17 bits per heavy atom. The van der Waals surface area contributed by atoms with Crippen LogP contribution in [-0.4, -0.2) is 17.8 Å². The quantitative estimate of drug-likeness (QED) is 0.659. The second-order valence-electron chi connectivity index (χ2n) is 4.28. The minimum absolute atomic E-state index is 0.444. The predicted molar refractivity (Wildman–Crippen MR) is 55.4 cm³/mol. The zero-order chi connectivity index (χ0) is 9.14. The van der Waals surface area contributed by atoms with Gasteiger partial charge in [0.05, 0.1) is 6.61 Å². The summed E-state index contributed by atoms with van der Waals surface area (Å²) < 4.78 is 5.78. The average Bonchev–Trinajstić information content (AvgIpc) is 2.04. The van der Waals surface area contributed by atoms with Crippen LogP contribution in [0.3, 0.4) is 0 Å². The van der Waals surface area contributed by atoms with Crippen LogP contribution in [0.5, 0.6) is 0 Å². The van der Waals surface area contributed by atoms with Gasteiger partial charge >= 0.3 is 0 Å². The summed E-state index contributed by atoms with van der Waals surface area (Å²) in [4.78, 5) is 0. The maximum absolute atomic E-state index is 5.78. The molecule has 0 aliphatic carbocycles. The molecule has 1 aliphatic rings. The molecule has 72 valence electrons. The third kappa shape index (κ3) is 2.67. The Balaban J connectivity index is 2.30. The van der Waals surface area contributed by atoms with Crippen molar-refractivity contribution in [2.24, 2.45) is 17.8 Å². The van der Waals surface area contributed by atoms with E-state index in [4.69, 9.17) is 4.74 Å². The van der Waals surface area contributed by atoms with Crippen LogP contribution < -0.4 is 0 Å². The summed E-state index contributed by atoms with van der Waals surface area (Å²) >= 11 is 1.99. The van der Waals surface area contributed by atoms with Crippen molar-refractivity contribution in [3.63, 3.8) is 0 Å². The van der Waals surface area contributed by atoms with E-state index in [1.807, 2.05) is 11.8 Å². The predicted octanol–water partition coefficient (Wildman–Crippen LogP) is 3.00. The van der Waals surface area contributed by atoms with Gasteiger partial charge in [-0.2, -0.15) is 0 Å². The zero-order valence-corrected chi connectivity index (χ0v) is 9.36. The Morgan fingerprint density at radius 2 is 1.83 bits per heavy atom. The van der Waals surface area contributed by atoms with E-state index in [0.717, 1.165) is 18.4 Å². The molecule has 2 heteroatoms. The normalized spacial score (nSPS) is 31.5. The SMILES string of the molecule is CC(C)[C@@H]1CO[C@H](C(C)C)SC1. The summed E-state index contributed by atoms with van der Waals surface area (Å²) in [6.45, 7) is 9.99. The molecule has 1 rings (SSSR count). The van der Waals surface area contributed by atoms with Crippen LogP contribution in [0.1, 0.15) is 27.7 Å². The Hall–Kier alpha value is 0.310. The highest BCUT2D eigenvalue weighted by Crippen LogP contribution is 2.31. The Labute approximate surface area is 80.3 Å². The minimum Gasteiger partial charge on any atom is -0.367 e. The lowest BCUT2D eigenvalue weighted by atomic mass is 9.99. The summed E-state index contributed by atoms with van der Waals surface area (Å²) in [5.41, 5.74) is 0.444. The van der Waals surface area contributed by atoms with Gasteiger partial charge in [0.25, 0.3) is 0 Å². The molecule has 0 unspecified atom stereocenters. The molecule has 0 saturated carbocycles. The number of hydrogen-bond acceptors (Lipinski definition) is 2. The van der Waals surface area contributed by atoms with Gasteiger partial charge in [0.15, 0.2) is 0 Å². The first kappa shape index (κ1) is 10.4. The van der Waals surface area contributed by atoms with Crippen molar-refractivity contribution in [3.8, 4) is 0 Å². The largest absolute Gasteiger partial charge is 0.367 e. The smallest absolute Gasteiger partial charge is 0.105 e. The molecule has 12 heavy (non-hydrogen) atoms. The topological polar surface area (TPSA) is 9.23 Å². The Kier molecular flexibility index (Phi) is 3.91. The van der Waals surface area contributed by atoms with Gasteiger partial charge < -0.3 is 4.74 Å². The van der Waals surface area contributed by atoms with E-state index in [2.05, 4.69) is 27.7 Å². The van der Waals surface area contributed by atoms with Crippen molar-refractivity contribution in [2.75, 3.05) is 12.4 Å². The van der Waals surface area contributed by atoms with Crippen molar-refractivity contribution in [3.05, 3.63) is 0 Å². The zero-order valence-electron chi connectivity index (χ0n) is 8.54. The molecule has 1 fully saturated rings. The summed E-state index contributed by atoms with van der Waals surface area (Å²) in [6.07, 6.45) is 0. The molecule has 1 heterocycles. The minimum atomic E-state index is 0.444. The summed E-state index contributed by atoms with van der Waals surface area (Å²) in [5.74, 6) is 3.47. The van der Waals surface area contributed by atoms with Crippen LogP contribution in [0.15, 0.2) is 0 Å². The first-order chi connectivity index (χ1) is 5.61. The number of thioether (sulfide) groups is 1. The maximum atomic E-state index is 5.78. The molecule has 0 amide bonds. The van der Waals surface area contributed by atoms with Gasteiger partial charge in [-0.05, 0) is 17.8 Å². The van der Waals surface area contributed by atoms with Crippen LogP contribution in [0.4, 0.5) is 0 Å². The van der Waals surface area contributed by atoms with Crippen molar-refractivity contribution in [2.45, 2.75) is 33.1 Å². The van der Waals surface area contributed by atoms with Crippen molar-refractivity contribution >= 4 is 11.8 Å². The third-order valence-corrected chi connectivity index (χ3v) is 4.07. The van der Waals surface area contributed by atoms with Gasteiger partial charge in [0.2, 0.25) is 0 Å². The Morgan fingerprint density at radius 1 is 1.17 bits per heavy atom. The lowest BCUT2D eigenvalue weighted by molar-refractivity contribution is 0.0406. The number of rotatable bonds is 2. The molecule has 0 radical (unpaired) electrons. The Bertz CT molecular complexity index is 110. The fourth-order valence-corrected chi connectivity index (χ4v) is 2.78. The second kappa shape index (κ2) is 4.52. The van der Waals surface area contributed by atoms with E-state index in [1.165, 1.54) is 5.75 Å². The van der Waals surface area contributed by atoms with E-state index < -0.39 is 0 Å². The van der Waals surface area contributed by atoms with E-state index in [1.54, 1.807) is 0 Å². The molecule has 0 bridgehead atoms. The van der Waals surface area contributed by atoms with E-state index in [0.29, 0.717) is 11.4 Å². The molecule has 0 aromatic rings. The molecule has 1 saturated heterocycles. The van der Waals surface area contributed by atoms with Gasteiger partial charge in [-0.25, -0.2) is 0 Å². The molecular weight excluding hydrogens is 168 g/mol. The van der Waals surface area contributed by atoms with E-state index in [9.17, 15) is 0 Å². The average molecular weight is 188 g/mol. The highest BCUT2D eigenvalue weighted by atomic mass is 32.2. The molecule has 0 spiro atoms. The highest BCUT2D eigenvalue weighted by molar-refractivity contribution is 7.99. The summed E-state index contributed by atoms with van der Waals surface area (Å²) in [6, 6.07) is 0. The molecule has 0 aromatic heterocycles. The van der Waals surface area contributed by atoms with Gasteiger partial charge in [-0.1, -0.05) is 27.7 Å². The van der Waals surface area contributed by atoms with Crippen molar-refractivity contribution in [1.82, 2.24) is 0 Å². The third-order valence-electron chi connectivity index (χ3n) is 2.44. The monoisotopic (exact) mass is 188 g/mol. The number of hydrogen-bond donors (Lipinski definition) is 0.